The van der Waals surface area contributed by atoms with Crippen molar-refractivity contribution in [3.05, 3.63) is 81.2 Å². The quantitative estimate of drug-likeness (QED) is 0.293. The fourth-order valence-electron chi connectivity index (χ4n) is 3.11. The van der Waals surface area contributed by atoms with Crippen LogP contribution in [0.2, 0.25) is 0 Å². The molecule has 0 unspecified atom stereocenters. The number of nitrogens with zero attached hydrogens (tertiary/aromatic N) is 2. The van der Waals surface area contributed by atoms with E-state index in [4.69, 9.17) is 5.73 Å². The summed E-state index contributed by atoms with van der Waals surface area (Å²) < 4.78 is 4.68. The van der Waals surface area contributed by atoms with Crippen molar-refractivity contribution in [3.8, 4) is 16.9 Å². The molecule has 0 fully saturated rings. The highest BCUT2D eigenvalue weighted by atomic mass is 16.6. The van der Waals surface area contributed by atoms with Gasteiger partial charge in [-0.3, -0.25) is 15.1 Å². The van der Waals surface area contributed by atoms with Crippen molar-refractivity contribution in [1.82, 2.24) is 4.98 Å². The number of nitrogens with two attached hydrogens (primary N) is 1. The Morgan fingerprint density at radius 1 is 1.24 bits per heavy atom. The highest BCUT2D eigenvalue weighted by Gasteiger charge is 2.23. The van der Waals surface area contributed by atoms with E-state index in [1.165, 1.54) is 25.3 Å². The molecule has 1 heterocycles. The van der Waals surface area contributed by atoms with Crippen LogP contribution in [0.1, 0.15) is 27.2 Å². The molecule has 148 valence electrons. The minimum Gasteiger partial charge on any atom is -0.508 e. The van der Waals surface area contributed by atoms with Crippen LogP contribution in [-0.2, 0) is 11.2 Å². The van der Waals surface area contributed by atoms with Gasteiger partial charge in [0.2, 0.25) is 0 Å². The molecule has 0 amide bonds. The van der Waals surface area contributed by atoms with Crippen LogP contribution < -0.4 is 5.73 Å². The van der Waals surface area contributed by atoms with Gasteiger partial charge in [-0.1, -0.05) is 12.1 Å². The second-order valence-electron chi connectivity index (χ2n) is 6.49. The summed E-state index contributed by atoms with van der Waals surface area (Å²) in [5.74, 6) is -0.745. The molecular formula is C21H19N3O5. The molecule has 0 spiro atoms. The number of aryl methyl sites for hydroxylation is 1. The van der Waals surface area contributed by atoms with Crippen LogP contribution in [-0.4, -0.2) is 28.1 Å². The highest BCUT2D eigenvalue weighted by molar-refractivity contribution is 5.99. The first-order chi connectivity index (χ1) is 13.8. The van der Waals surface area contributed by atoms with Crippen LogP contribution in [0.15, 0.2) is 48.7 Å². The number of benzene rings is 2. The summed E-state index contributed by atoms with van der Waals surface area (Å²) >= 11 is 0. The van der Waals surface area contributed by atoms with Gasteiger partial charge in [-0.15, -0.1) is 0 Å². The number of hydrogen-bond acceptors (Lipinski definition) is 7. The predicted octanol–water partition coefficient (Wildman–Crippen LogP) is 3.63. The number of pyridine rings is 1. The number of hydrogen-bond donors (Lipinski definition) is 2. The molecular weight excluding hydrogens is 374 g/mol. The molecule has 0 atom stereocenters. The Balaban J connectivity index is 2.10. The Hall–Kier alpha value is -3.94. The summed E-state index contributed by atoms with van der Waals surface area (Å²) in [6.45, 7) is 1.83. The second-order valence-corrected chi connectivity index (χ2v) is 6.49. The van der Waals surface area contributed by atoms with Gasteiger partial charge < -0.3 is 15.6 Å². The molecule has 8 nitrogen and oxygen atoms in total. The summed E-state index contributed by atoms with van der Waals surface area (Å²) in [5.41, 5.74) is 8.17. The van der Waals surface area contributed by atoms with E-state index < -0.39 is 16.6 Å². The number of carbonyl (C=O) groups is 1. The van der Waals surface area contributed by atoms with Gasteiger partial charge in [0.1, 0.15) is 11.4 Å². The Morgan fingerprint density at radius 3 is 2.55 bits per heavy atom. The first kappa shape index (κ1) is 19.8. The van der Waals surface area contributed by atoms with Crippen LogP contribution in [0.3, 0.4) is 0 Å². The van der Waals surface area contributed by atoms with Gasteiger partial charge in [0.05, 0.1) is 17.6 Å². The van der Waals surface area contributed by atoms with Gasteiger partial charge >= 0.3 is 5.97 Å². The van der Waals surface area contributed by atoms with Gasteiger partial charge in [-0.05, 0) is 47.9 Å². The lowest BCUT2D eigenvalue weighted by Gasteiger charge is -2.13. The smallest absolute Gasteiger partial charge is 0.340 e. The van der Waals surface area contributed by atoms with Crippen molar-refractivity contribution >= 4 is 17.3 Å². The van der Waals surface area contributed by atoms with Crippen LogP contribution >= 0.6 is 0 Å². The molecule has 3 N–H and O–H groups in total. The van der Waals surface area contributed by atoms with Crippen molar-refractivity contribution in [2.24, 2.45) is 0 Å². The lowest BCUT2D eigenvalue weighted by Crippen LogP contribution is -2.08. The van der Waals surface area contributed by atoms with Gasteiger partial charge in [0.15, 0.2) is 0 Å². The highest BCUT2D eigenvalue weighted by Crippen LogP contribution is 2.36. The average Bonchev–Trinajstić information content (AvgIpc) is 2.70. The summed E-state index contributed by atoms with van der Waals surface area (Å²) in [6, 6.07) is 11.5. The third kappa shape index (κ3) is 4.01. The zero-order chi connectivity index (χ0) is 21.1. The van der Waals surface area contributed by atoms with Gasteiger partial charge in [0.25, 0.3) is 5.69 Å². The number of phenolic OH excluding ortho intramolecular Hbond substituents is 1. The number of nitro groups is 1. The lowest BCUT2D eigenvalue weighted by atomic mass is 9.94. The van der Waals surface area contributed by atoms with Crippen molar-refractivity contribution < 1.29 is 19.6 Å². The fraction of sp³-hybridized carbons (Fsp3) is 0.143. The number of rotatable bonds is 5. The summed E-state index contributed by atoms with van der Waals surface area (Å²) in [4.78, 5) is 27.0. The Bertz CT molecular complexity index is 1070. The summed E-state index contributed by atoms with van der Waals surface area (Å²) in [7, 11) is 1.17. The summed E-state index contributed by atoms with van der Waals surface area (Å²) in [6.07, 6.45) is 2.12. The van der Waals surface area contributed by atoms with Crippen LogP contribution in [0.25, 0.3) is 11.1 Å². The maximum absolute atomic E-state index is 12.0. The van der Waals surface area contributed by atoms with E-state index in [0.29, 0.717) is 23.1 Å². The molecule has 0 saturated heterocycles. The number of nitro benzene ring substituents is 1. The average molecular weight is 393 g/mol. The molecule has 0 bridgehead atoms. The molecule has 0 saturated carbocycles. The van der Waals surface area contributed by atoms with E-state index in [2.05, 4.69) is 9.72 Å². The maximum atomic E-state index is 12.0. The van der Waals surface area contributed by atoms with E-state index in [1.54, 1.807) is 12.3 Å². The Morgan fingerprint density at radius 2 is 1.97 bits per heavy atom. The topological polar surface area (TPSA) is 129 Å². The number of nitrogen functional groups attached to an aromatic ring is 1. The minimum atomic E-state index is -0.778. The molecule has 0 aliphatic rings. The standard InChI is InChI=1S/C21H19N3O5/c1-12-7-13(10-19(25)16(12)11-15-5-3-4-6-23-15)14-8-17(21(26)29-2)20(22)18(9-14)24(27)28/h3-10,25H,11,22H2,1-2H3. The number of aromatic hydroxyl groups is 1. The first-order valence-corrected chi connectivity index (χ1v) is 8.70. The number of anilines is 1. The molecule has 0 radical (unpaired) electrons. The summed E-state index contributed by atoms with van der Waals surface area (Å²) in [5, 5.41) is 22.0. The zero-order valence-corrected chi connectivity index (χ0v) is 15.9. The second kappa shape index (κ2) is 7.97. The van der Waals surface area contributed by atoms with E-state index >= 15 is 0 Å². The fourth-order valence-corrected chi connectivity index (χ4v) is 3.11. The Labute approximate surface area is 166 Å². The van der Waals surface area contributed by atoms with Gasteiger partial charge in [-0.25, -0.2) is 4.79 Å². The monoisotopic (exact) mass is 393 g/mol. The molecule has 2 aromatic carbocycles. The number of esters is 1. The molecule has 0 aliphatic carbocycles. The molecule has 29 heavy (non-hydrogen) atoms. The molecule has 3 aromatic rings. The molecule has 8 heteroatoms. The van der Waals surface area contributed by atoms with Crippen molar-refractivity contribution in [2.45, 2.75) is 13.3 Å². The van der Waals surface area contributed by atoms with Crippen LogP contribution in [0.4, 0.5) is 11.4 Å². The zero-order valence-electron chi connectivity index (χ0n) is 15.9. The maximum Gasteiger partial charge on any atom is 0.340 e. The molecule has 3 rings (SSSR count). The van der Waals surface area contributed by atoms with Crippen molar-refractivity contribution in [2.75, 3.05) is 12.8 Å². The number of carbonyl (C=O) groups excluding carboxylic acids is 1. The number of ether oxygens (including phenoxy) is 1. The van der Waals surface area contributed by atoms with E-state index in [1.807, 2.05) is 25.1 Å². The molecule has 1 aromatic heterocycles. The molecule has 0 aliphatic heterocycles. The van der Waals surface area contributed by atoms with E-state index in [0.717, 1.165) is 11.3 Å². The van der Waals surface area contributed by atoms with Crippen LogP contribution in [0, 0.1) is 17.0 Å². The minimum absolute atomic E-state index is 0.0322. The predicted molar refractivity (Wildman–Crippen MR) is 108 cm³/mol. The van der Waals surface area contributed by atoms with Gasteiger partial charge in [0, 0.05) is 29.9 Å². The third-order valence-electron chi connectivity index (χ3n) is 4.63. The number of methoxy groups -OCH3 is 1. The first-order valence-electron chi connectivity index (χ1n) is 8.70. The van der Waals surface area contributed by atoms with Crippen LogP contribution in [0.5, 0.6) is 5.75 Å². The largest absolute Gasteiger partial charge is 0.508 e. The lowest BCUT2D eigenvalue weighted by molar-refractivity contribution is -0.383. The third-order valence-corrected chi connectivity index (χ3v) is 4.63. The van der Waals surface area contributed by atoms with E-state index in [9.17, 15) is 20.0 Å². The van der Waals surface area contributed by atoms with E-state index in [-0.39, 0.29) is 17.0 Å². The van der Waals surface area contributed by atoms with Gasteiger partial charge in [-0.2, -0.15) is 0 Å². The Kier molecular flexibility index (Phi) is 5.45. The number of aromatic nitrogens is 1. The van der Waals surface area contributed by atoms with Crippen molar-refractivity contribution in [3.63, 3.8) is 0 Å². The normalized spacial score (nSPS) is 10.6. The SMILES string of the molecule is COC(=O)c1cc(-c2cc(C)c(Cc3ccccn3)c(O)c2)cc([N+](=O)[O-])c1N. The number of phenols is 1. The van der Waals surface area contributed by atoms with Crippen molar-refractivity contribution in [1.29, 1.82) is 0 Å².